The molecule has 1 atom stereocenters. The quantitative estimate of drug-likeness (QED) is 0.439. The van der Waals surface area contributed by atoms with E-state index in [1.807, 2.05) is 0 Å². The number of benzene rings is 2. The third-order valence-corrected chi connectivity index (χ3v) is 5.52. The number of rotatable bonds is 4. The summed E-state index contributed by atoms with van der Waals surface area (Å²) in [4.78, 5) is 44.7. The van der Waals surface area contributed by atoms with Gasteiger partial charge in [-0.25, -0.2) is 0 Å². The van der Waals surface area contributed by atoms with Gasteiger partial charge in [0.2, 0.25) is 17.8 Å². The topological polar surface area (TPSA) is 116 Å². The van der Waals surface area contributed by atoms with Gasteiger partial charge in [-0.3, -0.25) is 19.4 Å². The average molecular weight is 479 g/mol. The van der Waals surface area contributed by atoms with E-state index in [2.05, 4.69) is 25.9 Å². The maximum Gasteiger partial charge on any atom is 0.258 e. The first-order chi connectivity index (χ1) is 14.8. The van der Waals surface area contributed by atoms with Crippen molar-refractivity contribution in [1.82, 2.24) is 9.97 Å². The Balaban J connectivity index is 1.64. The van der Waals surface area contributed by atoms with Crippen molar-refractivity contribution in [2.75, 3.05) is 16.0 Å². The van der Waals surface area contributed by atoms with Gasteiger partial charge in [-0.2, -0.15) is 4.98 Å². The smallest absolute Gasteiger partial charge is 0.258 e. The zero-order chi connectivity index (χ0) is 22.1. The first kappa shape index (κ1) is 21.2. The largest absolute Gasteiger partial charge is 0.326 e. The number of anilines is 4. The monoisotopic (exact) mass is 477 g/mol. The highest BCUT2D eigenvalue weighted by atomic mass is 35.5. The van der Waals surface area contributed by atoms with Crippen molar-refractivity contribution < 1.29 is 9.59 Å². The number of nitrogens with zero attached hydrogens (tertiary/aromatic N) is 1. The van der Waals surface area contributed by atoms with Crippen LogP contribution in [0.1, 0.15) is 17.9 Å². The lowest BCUT2D eigenvalue weighted by Gasteiger charge is -2.23. The lowest BCUT2D eigenvalue weighted by Crippen LogP contribution is -2.36. The minimum absolute atomic E-state index is 0.0128. The van der Waals surface area contributed by atoms with Crippen LogP contribution in [0.5, 0.6) is 0 Å². The van der Waals surface area contributed by atoms with Crippen molar-refractivity contribution in [3.63, 3.8) is 0 Å². The first-order valence-corrected chi connectivity index (χ1v) is 10.2. The summed E-state index contributed by atoms with van der Waals surface area (Å²) in [5.74, 6) is -1.91. The molecule has 1 unspecified atom stereocenters. The normalized spacial score (nSPS) is 15.1. The third kappa shape index (κ3) is 4.66. The summed E-state index contributed by atoms with van der Waals surface area (Å²) in [6.45, 7) is 0. The fraction of sp³-hybridized carbons (Fsp3) is 0.100. The van der Waals surface area contributed by atoms with Crippen LogP contribution in [0.4, 0.5) is 23.1 Å². The summed E-state index contributed by atoms with van der Waals surface area (Å²) in [6, 6.07) is 11.4. The van der Waals surface area contributed by atoms with Gasteiger partial charge in [-0.05, 0) is 36.4 Å². The summed E-state index contributed by atoms with van der Waals surface area (Å²) in [7, 11) is 0. The van der Waals surface area contributed by atoms with Crippen molar-refractivity contribution in [3.05, 3.63) is 73.4 Å². The summed E-state index contributed by atoms with van der Waals surface area (Å²) < 4.78 is 0. The average Bonchev–Trinajstić information content (AvgIpc) is 2.70. The second-order valence-corrected chi connectivity index (χ2v) is 7.99. The Labute approximate surface area is 190 Å². The summed E-state index contributed by atoms with van der Waals surface area (Å²) >= 11 is 17.8. The van der Waals surface area contributed by atoms with Gasteiger partial charge in [-0.15, -0.1) is 0 Å². The minimum Gasteiger partial charge on any atom is -0.326 e. The van der Waals surface area contributed by atoms with Gasteiger partial charge in [0.25, 0.3) is 5.56 Å². The molecular formula is C20H14Cl3N5O3. The summed E-state index contributed by atoms with van der Waals surface area (Å²) in [5.41, 5.74) is 0.486. The predicted octanol–water partition coefficient (Wildman–Crippen LogP) is 4.54. The van der Waals surface area contributed by atoms with Gasteiger partial charge in [0.05, 0.1) is 21.5 Å². The SMILES string of the molecule is O=C1CC(C(=O)Nc2ccc(Cl)c(Cl)c2)c2c(nc(Nc3cccc(Cl)c3)[nH]c2=O)N1. The molecule has 4 rings (SSSR count). The number of fused-ring (bicyclic) bond motifs is 1. The van der Waals surface area contributed by atoms with Gasteiger partial charge >= 0.3 is 0 Å². The lowest BCUT2D eigenvalue weighted by molar-refractivity contribution is -0.123. The van der Waals surface area contributed by atoms with E-state index in [1.165, 1.54) is 12.1 Å². The number of hydrogen-bond acceptors (Lipinski definition) is 5. The second kappa shape index (κ2) is 8.58. The number of hydrogen-bond donors (Lipinski definition) is 4. The van der Waals surface area contributed by atoms with Crippen LogP contribution in [0.25, 0.3) is 0 Å². The highest BCUT2D eigenvalue weighted by molar-refractivity contribution is 6.42. The summed E-state index contributed by atoms with van der Waals surface area (Å²) in [6.07, 6.45) is -0.202. The molecule has 158 valence electrons. The second-order valence-electron chi connectivity index (χ2n) is 6.74. The molecule has 0 bridgehead atoms. The lowest BCUT2D eigenvalue weighted by atomic mass is 9.92. The molecule has 1 aromatic heterocycles. The van der Waals surface area contributed by atoms with E-state index in [-0.39, 0.29) is 28.8 Å². The Morgan fingerprint density at radius 2 is 1.84 bits per heavy atom. The molecule has 11 heteroatoms. The molecule has 0 saturated carbocycles. The van der Waals surface area contributed by atoms with Crippen molar-refractivity contribution in [3.8, 4) is 0 Å². The highest BCUT2D eigenvalue weighted by Gasteiger charge is 2.34. The first-order valence-electron chi connectivity index (χ1n) is 9.03. The van der Waals surface area contributed by atoms with E-state index < -0.39 is 23.3 Å². The van der Waals surface area contributed by atoms with Gasteiger partial charge in [0.1, 0.15) is 5.82 Å². The molecule has 1 aliphatic rings. The predicted molar refractivity (Wildman–Crippen MR) is 121 cm³/mol. The van der Waals surface area contributed by atoms with Crippen LogP contribution in [0.3, 0.4) is 0 Å². The molecule has 8 nitrogen and oxygen atoms in total. The molecule has 2 amide bonds. The molecular weight excluding hydrogens is 465 g/mol. The molecule has 0 aliphatic carbocycles. The Kier molecular flexibility index (Phi) is 5.86. The number of aromatic nitrogens is 2. The van der Waals surface area contributed by atoms with Gasteiger partial charge in [0, 0.05) is 22.8 Å². The standard InChI is InChI=1S/C20H14Cl3N5O3/c21-9-2-1-3-10(6-9)25-20-27-17-16(19(31)28-20)12(8-15(29)26-17)18(30)24-11-4-5-13(22)14(23)7-11/h1-7,12H,8H2,(H,24,30)(H3,25,26,27,28,29,31). The van der Waals surface area contributed by atoms with Crippen LogP contribution < -0.4 is 21.5 Å². The molecule has 31 heavy (non-hydrogen) atoms. The van der Waals surface area contributed by atoms with Crippen molar-refractivity contribution >= 4 is 69.8 Å². The van der Waals surface area contributed by atoms with Crippen LogP contribution in [-0.4, -0.2) is 21.8 Å². The Morgan fingerprint density at radius 3 is 2.58 bits per heavy atom. The molecule has 1 aliphatic heterocycles. The van der Waals surface area contributed by atoms with E-state index in [0.717, 1.165) is 0 Å². The minimum atomic E-state index is -1.03. The molecule has 0 radical (unpaired) electrons. The van der Waals surface area contributed by atoms with Gasteiger partial charge in [0.15, 0.2) is 0 Å². The number of amides is 2. The third-order valence-electron chi connectivity index (χ3n) is 4.54. The van der Waals surface area contributed by atoms with Crippen molar-refractivity contribution in [2.45, 2.75) is 12.3 Å². The van der Waals surface area contributed by atoms with Crippen LogP contribution in [0, 0.1) is 0 Å². The molecule has 3 aromatic rings. The van der Waals surface area contributed by atoms with Crippen LogP contribution in [-0.2, 0) is 9.59 Å². The van der Waals surface area contributed by atoms with Crippen LogP contribution in [0.2, 0.25) is 15.1 Å². The van der Waals surface area contributed by atoms with E-state index in [1.54, 1.807) is 30.3 Å². The molecule has 4 N–H and O–H groups in total. The molecule has 0 fully saturated rings. The Bertz CT molecular complexity index is 1260. The Morgan fingerprint density at radius 1 is 1.03 bits per heavy atom. The number of halogens is 3. The van der Waals surface area contributed by atoms with E-state index >= 15 is 0 Å². The molecule has 0 saturated heterocycles. The maximum absolute atomic E-state index is 12.9. The van der Waals surface area contributed by atoms with Crippen LogP contribution in [0.15, 0.2) is 47.3 Å². The van der Waals surface area contributed by atoms with Crippen LogP contribution >= 0.6 is 34.8 Å². The molecule has 2 aromatic carbocycles. The fourth-order valence-corrected chi connectivity index (χ4v) is 3.65. The van der Waals surface area contributed by atoms with E-state index in [9.17, 15) is 14.4 Å². The summed E-state index contributed by atoms with van der Waals surface area (Å²) in [5, 5.41) is 9.22. The zero-order valence-electron chi connectivity index (χ0n) is 15.6. The van der Waals surface area contributed by atoms with Gasteiger partial charge in [-0.1, -0.05) is 40.9 Å². The van der Waals surface area contributed by atoms with E-state index in [4.69, 9.17) is 34.8 Å². The van der Waals surface area contributed by atoms with Crippen molar-refractivity contribution in [1.29, 1.82) is 0 Å². The number of H-pyrrole nitrogens is 1. The Hall–Kier alpha value is -3.07. The highest BCUT2D eigenvalue weighted by Crippen LogP contribution is 2.31. The fourth-order valence-electron chi connectivity index (χ4n) is 3.16. The molecule has 0 spiro atoms. The number of carbonyl (C=O) groups is 2. The van der Waals surface area contributed by atoms with E-state index in [0.29, 0.717) is 21.4 Å². The zero-order valence-corrected chi connectivity index (χ0v) is 17.9. The maximum atomic E-state index is 12.9. The number of nitrogens with one attached hydrogen (secondary N) is 4. The van der Waals surface area contributed by atoms with Gasteiger partial charge < -0.3 is 16.0 Å². The molecule has 2 heterocycles. The van der Waals surface area contributed by atoms with Crippen molar-refractivity contribution in [2.24, 2.45) is 0 Å². The number of aromatic amines is 1. The number of carbonyl (C=O) groups excluding carboxylic acids is 2.